The first-order valence-electron chi connectivity index (χ1n) is 8.54. The largest absolute Gasteiger partial charge is 0.504 e. The molecule has 0 amide bonds. The van der Waals surface area contributed by atoms with Crippen LogP contribution in [0.2, 0.25) is 0 Å². The monoisotopic (exact) mass is 363 g/mol. The Morgan fingerprint density at radius 3 is 2.52 bits per heavy atom. The molecule has 2 aromatic heterocycles. The van der Waals surface area contributed by atoms with Crippen molar-refractivity contribution in [3.05, 3.63) is 63.9 Å². The van der Waals surface area contributed by atoms with Gasteiger partial charge in [-0.15, -0.1) is 0 Å². The van der Waals surface area contributed by atoms with Gasteiger partial charge in [0.2, 0.25) is 0 Å². The fourth-order valence-electron chi connectivity index (χ4n) is 3.62. The van der Waals surface area contributed by atoms with E-state index in [2.05, 4.69) is 0 Å². The maximum absolute atomic E-state index is 12.9. The molecule has 0 spiro atoms. The predicted octanol–water partition coefficient (Wildman–Crippen LogP) is 3.45. The molecule has 2 heterocycles. The van der Waals surface area contributed by atoms with Crippen molar-refractivity contribution in [1.29, 1.82) is 0 Å². The summed E-state index contributed by atoms with van der Waals surface area (Å²) in [5, 5.41) is 21.3. The number of carbonyl (C=O) groups is 1. The standard InChI is InChI=1S/C21H17NO5/c1-3-27-21(26)17-13-10-14(23)20(25)16-11(2)9-15(24)22(19(13)16)18(17)12-7-5-4-6-8-12/h4-10,23,25H,3H2,1-2H3. The summed E-state index contributed by atoms with van der Waals surface area (Å²) in [6.07, 6.45) is 0. The lowest BCUT2D eigenvalue weighted by Gasteiger charge is -2.08. The topological polar surface area (TPSA) is 88.2 Å². The van der Waals surface area contributed by atoms with Crippen LogP contribution in [-0.2, 0) is 4.74 Å². The van der Waals surface area contributed by atoms with E-state index in [0.29, 0.717) is 33.1 Å². The number of hydrogen-bond acceptors (Lipinski definition) is 5. The van der Waals surface area contributed by atoms with Crippen LogP contribution < -0.4 is 5.56 Å². The quantitative estimate of drug-likeness (QED) is 0.430. The number of phenols is 2. The molecule has 2 N–H and O–H groups in total. The number of aromatic nitrogens is 1. The molecule has 0 aliphatic carbocycles. The van der Waals surface area contributed by atoms with Gasteiger partial charge in [-0.1, -0.05) is 30.3 Å². The second kappa shape index (κ2) is 6.02. The Balaban J connectivity index is 2.32. The number of hydrogen-bond donors (Lipinski definition) is 2. The van der Waals surface area contributed by atoms with Gasteiger partial charge in [0.15, 0.2) is 11.5 Å². The van der Waals surface area contributed by atoms with Gasteiger partial charge in [0, 0.05) is 16.8 Å². The van der Waals surface area contributed by atoms with Crippen LogP contribution in [0.5, 0.6) is 11.5 Å². The number of nitrogens with zero attached hydrogens (tertiary/aromatic N) is 1. The van der Waals surface area contributed by atoms with Crippen LogP contribution in [0, 0.1) is 6.92 Å². The lowest BCUT2D eigenvalue weighted by molar-refractivity contribution is 0.0529. The van der Waals surface area contributed by atoms with E-state index in [1.807, 2.05) is 6.07 Å². The second-order valence-electron chi connectivity index (χ2n) is 6.33. The maximum Gasteiger partial charge on any atom is 0.340 e. The van der Waals surface area contributed by atoms with Crippen LogP contribution in [0.25, 0.3) is 27.5 Å². The Kier molecular flexibility index (Phi) is 3.77. The summed E-state index contributed by atoms with van der Waals surface area (Å²) in [6, 6.07) is 11.7. The van der Waals surface area contributed by atoms with Crippen molar-refractivity contribution in [2.24, 2.45) is 0 Å². The third-order valence-corrected chi connectivity index (χ3v) is 4.69. The molecular weight excluding hydrogens is 346 g/mol. The highest BCUT2D eigenvalue weighted by molar-refractivity contribution is 6.16. The molecule has 4 rings (SSSR count). The Morgan fingerprint density at radius 1 is 1.15 bits per heavy atom. The van der Waals surface area contributed by atoms with Crippen molar-refractivity contribution < 1.29 is 19.7 Å². The Hall–Kier alpha value is -3.54. The van der Waals surface area contributed by atoms with Crippen molar-refractivity contribution in [2.45, 2.75) is 13.8 Å². The Morgan fingerprint density at radius 2 is 1.85 bits per heavy atom. The Bertz CT molecular complexity index is 1240. The number of benzene rings is 2. The van der Waals surface area contributed by atoms with Gasteiger partial charge in [-0.05, 0) is 31.0 Å². The Labute approximate surface area is 154 Å². The van der Waals surface area contributed by atoms with Gasteiger partial charge >= 0.3 is 5.97 Å². The molecule has 0 saturated heterocycles. The first-order valence-corrected chi connectivity index (χ1v) is 8.54. The van der Waals surface area contributed by atoms with Crippen LogP contribution in [-0.4, -0.2) is 27.2 Å². The summed E-state index contributed by atoms with van der Waals surface area (Å²) >= 11 is 0. The summed E-state index contributed by atoms with van der Waals surface area (Å²) in [6.45, 7) is 3.54. The summed E-state index contributed by atoms with van der Waals surface area (Å²) in [5.74, 6) is -1.28. The van der Waals surface area contributed by atoms with Crippen molar-refractivity contribution >= 4 is 22.3 Å². The van der Waals surface area contributed by atoms with E-state index < -0.39 is 5.97 Å². The SMILES string of the molecule is CCOC(=O)c1c(-c2ccccc2)n2c(=O)cc(C)c3c(O)c(O)cc1c32. The van der Waals surface area contributed by atoms with Gasteiger partial charge in [0.1, 0.15) is 0 Å². The van der Waals surface area contributed by atoms with Crippen molar-refractivity contribution in [3.63, 3.8) is 0 Å². The number of pyridine rings is 1. The highest BCUT2D eigenvalue weighted by atomic mass is 16.5. The second-order valence-corrected chi connectivity index (χ2v) is 6.33. The van der Waals surface area contributed by atoms with Crippen LogP contribution in [0.4, 0.5) is 0 Å². The summed E-state index contributed by atoms with van der Waals surface area (Å²) in [5.41, 5.74) is 1.79. The maximum atomic E-state index is 12.9. The molecule has 136 valence electrons. The number of carbonyl (C=O) groups excluding carboxylic acids is 1. The highest BCUT2D eigenvalue weighted by Gasteiger charge is 2.28. The van der Waals surface area contributed by atoms with Crippen LogP contribution in [0.3, 0.4) is 0 Å². The van der Waals surface area contributed by atoms with E-state index in [0.717, 1.165) is 0 Å². The first-order chi connectivity index (χ1) is 13.0. The molecule has 0 fully saturated rings. The van der Waals surface area contributed by atoms with Crippen molar-refractivity contribution in [1.82, 2.24) is 4.40 Å². The number of aromatic hydroxyl groups is 2. The number of rotatable bonds is 3. The molecule has 2 aromatic carbocycles. The molecule has 4 aromatic rings. The normalized spacial score (nSPS) is 11.3. The van der Waals surface area contributed by atoms with Crippen LogP contribution >= 0.6 is 0 Å². The van der Waals surface area contributed by atoms with Crippen LogP contribution in [0.1, 0.15) is 22.8 Å². The number of aryl methyl sites for hydroxylation is 1. The predicted molar refractivity (Wildman–Crippen MR) is 102 cm³/mol. The first kappa shape index (κ1) is 16.9. The molecule has 0 aliphatic heterocycles. The zero-order valence-electron chi connectivity index (χ0n) is 14.8. The fraction of sp³-hybridized carbons (Fsp3) is 0.143. The zero-order chi connectivity index (χ0) is 19.3. The number of esters is 1. The van der Waals surface area contributed by atoms with Gasteiger partial charge in [0.25, 0.3) is 5.56 Å². The molecule has 6 heteroatoms. The van der Waals surface area contributed by atoms with Gasteiger partial charge in [-0.2, -0.15) is 0 Å². The molecular formula is C21H17NO5. The average molecular weight is 363 g/mol. The van der Waals surface area contributed by atoms with Gasteiger partial charge in [-0.3, -0.25) is 9.20 Å². The third kappa shape index (κ3) is 2.33. The minimum absolute atomic E-state index is 0.169. The van der Waals surface area contributed by atoms with E-state index >= 15 is 0 Å². The van der Waals surface area contributed by atoms with Gasteiger partial charge in [0.05, 0.1) is 23.4 Å². The molecule has 0 radical (unpaired) electrons. The lowest BCUT2D eigenvalue weighted by Crippen LogP contribution is -2.14. The molecule has 0 bridgehead atoms. The minimum Gasteiger partial charge on any atom is -0.504 e. The summed E-state index contributed by atoms with van der Waals surface area (Å²) in [7, 11) is 0. The van der Waals surface area contributed by atoms with Crippen molar-refractivity contribution in [2.75, 3.05) is 6.61 Å². The van der Waals surface area contributed by atoms with E-state index in [1.165, 1.54) is 16.5 Å². The van der Waals surface area contributed by atoms with E-state index in [9.17, 15) is 19.8 Å². The van der Waals surface area contributed by atoms with E-state index in [1.54, 1.807) is 38.1 Å². The molecule has 0 aliphatic rings. The van der Waals surface area contributed by atoms with E-state index in [4.69, 9.17) is 4.74 Å². The smallest absolute Gasteiger partial charge is 0.340 e. The molecule has 0 saturated carbocycles. The number of ether oxygens (including phenoxy) is 1. The fourth-order valence-corrected chi connectivity index (χ4v) is 3.62. The third-order valence-electron chi connectivity index (χ3n) is 4.69. The molecule has 0 unspecified atom stereocenters. The zero-order valence-corrected chi connectivity index (χ0v) is 14.8. The number of phenolic OH excluding ortho intramolecular Hbond substituents is 2. The summed E-state index contributed by atoms with van der Waals surface area (Å²) < 4.78 is 6.62. The molecule has 6 nitrogen and oxygen atoms in total. The minimum atomic E-state index is -0.594. The highest BCUT2D eigenvalue weighted by Crippen LogP contribution is 2.43. The van der Waals surface area contributed by atoms with Gasteiger partial charge < -0.3 is 14.9 Å². The average Bonchev–Trinajstić information content (AvgIpc) is 2.98. The van der Waals surface area contributed by atoms with Crippen molar-refractivity contribution in [3.8, 4) is 22.8 Å². The van der Waals surface area contributed by atoms with E-state index in [-0.39, 0.29) is 29.2 Å². The van der Waals surface area contributed by atoms with Crippen LogP contribution in [0.15, 0.2) is 47.3 Å². The summed E-state index contributed by atoms with van der Waals surface area (Å²) in [4.78, 5) is 25.6. The molecule has 27 heavy (non-hydrogen) atoms. The molecule has 0 atom stereocenters. The lowest BCUT2D eigenvalue weighted by atomic mass is 10.0. The van der Waals surface area contributed by atoms with Gasteiger partial charge in [-0.25, -0.2) is 4.79 Å².